The quantitative estimate of drug-likeness (QED) is 0.892. The fraction of sp³-hybridized carbons (Fsp3) is 0.438. The average Bonchev–Trinajstić information content (AvgIpc) is 2.75. The third-order valence-electron chi connectivity index (χ3n) is 3.51. The standard InChI is InChI=1S/C16H21ClN2O2/c1-4-19-15(16(17)11(2)18-19)10-13(20)9-12-5-7-14(21-3)8-6-12/h5-8,13,20H,4,9-10H2,1-3H3. The van der Waals surface area contributed by atoms with Crippen molar-refractivity contribution in [3.05, 3.63) is 46.2 Å². The molecule has 0 aliphatic rings. The van der Waals surface area contributed by atoms with Crippen LogP contribution in [0.15, 0.2) is 24.3 Å². The van der Waals surface area contributed by atoms with Gasteiger partial charge in [-0.3, -0.25) is 4.68 Å². The molecule has 2 rings (SSSR count). The molecule has 0 saturated heterocycles. The molecule has 1 N–H and O–H groups in total. The lowest BCUT2D eigenvalue weighted by molar-refractivity contribution is 0.172. The molecular weight excluding hydrogens is 288 g/mol. The number of benzene rings is 1. The van der Waals surface area contributed by atoms with E-state index < -0.39 is 6.10 Å². The summed E-state index contributed by atoms with van der Waals surface area (Å²) in [6, 6.07) is 7.73. The summed E-state index contributed by atoms with van der Waals surface area (Å²) in [5.74, 6) is 0.816. The van der Waals surface area contributed by atoms with Gasteiger partial charge in [0.05, 0.1) is 29.6 Å². The Hall–Kier alpha value is -1.52. The predicted molar refractivity (Wildman–Crippen MR) is 84.1 cm³/mol. The van der Waals surface area contributed by atoms with Crippen LogP contribution in [-0.2, 0) is 19.4 Å². The van der Waals surface area contributed by atoms with Crippen LogP contribution in [0.4, 0.5) is 0 Å². The van der Waals surface area contributed by atoms with Gasteiger partial charge in [0.15, 0.2) is 0 Å². The number of aromatic nitrogens is 2. The van der Waals surface area contributed by atoms with Crippen LogP contribution in [0.25, 0.3) is 0 Å². The molecule has 0 spiro atoms. The zero-order valence-electron chi connectivity index (χ0n) is 12.6. The fourth-order valence-electron chi connectivity index (χ4n) is 2.39. The molecule has 1 unspecified atom stereocenters. The molecule has 1 atom stereocenters. The monoisotopic (exact) mass is 308 g/mol. The van der Waals surface area contributed by atoms with Crippen molar-refractivity contribution < 1.29 is 9.84 Å². The number of hydrogen-bond donors (Lipinski definition) is 1. The maximum Gasteiger partial charge on any atom is 0.118 e. The third kappa shape index (κ3) is 3.77. The van der Waals surface area contributed by atoms with Crippen molar-refractivity contribution in [2.75, 3.05) is 7.11 Å². The molecule has 0 saturated carbocycles. The van der Waals surface area contributed by atoms with E-state index in [1.165, 1.54) is 0 Å². The van der Waals surface area contributed by atoms with Gasteiger partial charge in [-0.2, -0.15) is 5.10 Å². The van der Waals surface area contributed by atoms with Gasteiger partial charge >= 0.3 is 0 Å². The summed E-state index contributed by atoms with van der Waals surface area (Å²) in [5, 5.41) is 15.3. The second kappa shape index (κ2) is 6.96. The molecule has 0 aliphatic carbocycles. The van der Waals surface area contributed by atoms with E-state index in [2.05, 4.69) is 5.10 Å². The van der Waals surface area contributed by atoms with E-state index in [0.717, 1.165) is 29.2 Å². The van der Waals surface area contributed by atoms with E-state index in [-0.39, 0.29) is 0 Å². The molecule has 0 fully saturated rings. The predicted octanol–water partition coefficient (Wildman–Crippen LogP) is 3.02. The first-order valence-corrected chi connectivity index (χ1v) is 7.45. The molecule has 21 heavy (non-hydrogen) atoms. The van der Waals surface area contributed by atoms with Crippen molar-refractivity contribution in [1.82, 2.24) is 9.78 Å². The maximum atomic E-state index is 10.3. The van der Waals surface area contributed by atoms with Crippen LogP contribution in [0.2, 0.25) is 5.02 Å². The first-order chi connectivity index (χ1) is 10.0. The maximum absolute atomic E-state index is 10.3. The average molecular weight is 309 g/mol. The minimum absolute atomic E-state index is 0.489. The van der Waals surface area contributed by atoms with E-state index in [1.54, 1.807) is 7.11 Å². The van der Waals surface area contributed by atoms with Crippen molar-refractivity contribution >= 4 is 11.6 Å². The van der Waals surface area contributed by atoms with Crippen LogP contribution >= 0.6 is 11.6 Å². The summed E-state index contributed by atoms with van der Waals surface area (Å²) in [4.78, 5) is 0. The van der Waals surface area contributed by atoms with Gasteiger partial charge in [-0.15, -0.1) is 0 Å². The van der Waals surface area contributed by atoms with Gasteiger partial charge in [0.25, 0.3) is 0 Å². The van der Waals surface area contributed by atoms with Crippen LogP contribution in [0.5, 0.6) is 5.75 Å². The Kier molecular flexibility index (Phi) is 5.26. The van der Waals surface area contributed by atoms with E-state index in [9.17, 15) is 5.11 Å². The highest BCUT2D eigenvalue weighted by molar-refractivity contribution is 6.31. The number of methoxy groups -OCH3 is 1. The molecule has 1 aromatic carbocycles. The normalized spacial score (nSPS) is 12.4. The zero-order chi connectivity index (χ0) is 15.4. The number of aliphatic hydroxyl groups excluding tert-OH is 1. The first kappa shape index (κ1) is 15.9. The largest absolute Gasteiger partial charge is 0.497 e. The summed E-state index contributed by atoms with van der Waals surface area (Å²) in [6.07, 6.45) is 0.589. The Labute approximate surface area is 130 Å². The zero-order valence-corrected chi connectivity index (χ0v) is 13.4. The lowest BCUT2D eigenvalue weighted by atomic mass is 10.0. The first-order valence-electron chi connectivity index (χ1n) is 7.08. The molecule has 2 aromatic rings. The smallest absolute Gasteiger partial charge is 0.118 e. The molecule has 5 heteroatoms. The SMILES string of the molecule is CCn1nc(C)c(Cl)c1CC(O)Cc1ccc(OC)cc1. The summed E-state index contributed by atoms with van der Waals surface area (Å²) >= 11 is 6.27. The van der Waals surface area contributed by atoms with Crippen molar-refractivity contribution in [3.8, 4) is 5.75 Å². The second-order valence-corrected chi connectivity index (χ2v) is 5.45. The third-order valence-corrected chi connectivity index (χ3v) is 4.00. The Balaban J connectivity index is 2.05. The van der Waals surface area contributed by atoms with Crippen LogP contribution in [0.3, 0.4) is 0 Å². The van der Waals surface area contributed by atoms with Gasteiger partial charge in [-0.05, 0) is 38.0 Å². The van der Waals surface area contributed by atoms with Crippen molar-refractivity contribution in [3.63, 3.8) is 0 Å². The minimum atomic E-state index is -0.489. The second-order valence-electron chi connectivity index (χ2n) is 5.07. The van der Waals surface area contributed by atoms with E-state index in [0.29, 0.717) is 17.9 Å². The van der Waals surface area contributed by atoms with Crippen LogP contribution in [0, 0.1) is 6.92 Å². The van der Waals surface area contributed by atoms with Crippen LogP contribution in [0.1, 0.15) is 23.9 Å². The Morgan fingerprint density at radius 1 is 1.29 bits per heavy atom. The van der Waals surface area contributed by atoms with Gasteiger partial charge in [0.2, 0.25) is 0 Å². The minimum Gasteiger partial charge on any atom is -0.497 e. The van der Waals surface area contributed by atoms with Crippen molar-refractivity contribution in [1.29, 1.82) is 0 Å². The number of aliphatic hydroxyl groups is 1. The van der Waals surface area contributed by atoms with E-state index in [4.69, 9.17) is 16.3 Å². The van der Waals surface area contributed by atoms with Crippen LogP contribution < -0.4 is 4.74 Å². The summed E-state index contributed by atoms with van der Waals surface area (Å²) in [5.41, 5.74) is 2.78. The number of ether oxygens (including phenoxy) is 1. The molecular formula is C16H21ClN2O2. The molecule has 4 nitrogen and oxygen atoms in total. The van der Waals surface area contributed by atoms with Gasteiger partial charge in [0.1, 0.15) is 5.75 Å². The summed E-state index contributed by atoms with van der Waals surface area (Å²) in [6.45, 7) is 4.65. The summed E-state index contributed by atoms with van der Waals surface area (Å²) in [7, 11) is 1.64. The highest BCUT2D eigenvalue weighted by atomic mass is 35.5. The number of aryl methyl sites for hydroxylation is 2. The Morgan fingerprint density at radius 2 is 1.95 bits per heavy atom. The topological polar surface area (TPSA) is 47.3 Å². The van der Waals surface area contributed by atoms with Crippen molar-refractivity contribution in [2.45, 2.75) is 39.3 Å². The van der Waals surface area contributed by atoms with Crippen molar-refractivity contribution in [2.24, 2.45) is 0 Å². The summed E-state index contributed by atoms with van der Waals surface area (Å²) < 4.78 is 6.98. The number of rotatable bonds is 6. The molecule has 1 heterocycles. The highest BCUT2D eigenvalue weighted by Gasteiger charge is 2.16. The number of hydrogen-bond acceptors (Lipinski definition) is 3. The van der Waals surface area contributed by atoms with Gasteiger partial charge in [-0.25, -0.2) is 0 Å². The Morgan fingerprint density at radius 3 is 2.52 bits per heavy atom. The molecule has 0 amide bonds. The van der Waals surface area contributed by atoms with E-state index in [1.807, 2.05) is 42.8 Å². The molecule has 0 radical (unpaired) electrons. The molecule has 1 aromatic heterocycles. The Bertz CT molecular complexity index is 593. The molecule has 114 valence electrons. The molecule has 0 bridgehead atoms. The van der Waals surface area contributed by atoms with E-state index >= 15 is 0 Å². The lowest BCUT2D eigenvalue weighted by Gasteiger charge is -2.12. The number of halogens is 1. The van der Waals surface area contributed by atoms with Crippen LogP contribution in [-0.4, -0.2) is 28.1 Å². The number of nitrogens with zero attached hydrogens (tertiary/aromatic N) is 2. The van der Waals surface area contributed by atoms with Gasteiger partial charge in [-0.1, -0.05) is 23.7 Å². The van der Waals surface area contributed by atoms with Gasteiger partial charge < -0.3 is 9.84 Å². The van der Waals surface area contributed by atoms with Gasteiger partial charge in [0, 0.05) is 13.0 Å². The fourth-order valence-corrected chi connectivity index (χ4v) is 2.61. The lowest BCUT2D eigenvalue weighted by Crippen LogP contribution is -2.17. The molecule has 0 aliphatic heterocycles. The highest BCUT2D eigenvalue weighted by Crippen LogP contribution is 2.22.